The van der Waals surface area contributed by atoms with Gasteiger partial charge in [-0.05, 0) is 39.7 Å². The van der Waals surface area contributed by atoms with Crippen molar-refractivity contribution in [2.45, 2.75) is 12.5 Å². The first-order valence-corrected chi connectivity index (χ1v) is 7.26. The lowest BCUT2D eigenvalue weighted by molar-refractivity contribution is -0.139. The summed E-state index contributed by atoms with van der Waals surface area (Å²) in [6.07, 6.45) is 1.48. The highest BCUT2D eigenvalue weighted by Crippen LogP contribution is 2.15. The molecule has 1 amide bonds. The van der Waals surface area contributed by atoms with Gasteiger partial charge in [0.1, 0.15) is 22.3 Å². The maximum absolute atomic E-state index is 13.6. The summed E-state index contributed by atoms with van der Waals surface area (Å²) in [6, 6.07) is 4.43. The maximum atomic E-state index is 13.6. The molecule has 1 atom stereocenters. The molecule has 0 radical (unpaired) electrons. The summed E-state index contributed by atoms with van der Waals surface area (Å²) in [7, 11) is 0. The average Bonchev–Trinajstić information content (AvgIpc) is 2.48. The number of aliphatic carboxylic acids is 1. The summed E-state index contributed by atoms with van der Waals surface area (Å²) >= 11 is 3.19. The highest BCUT2D eigenvalue weighted by molar-refractivity contribution is 9.10. The summed E-state index contributed by atoms with van der Waals surface area (Å²) in [4.78, 5) is 27.3. The normalized spacial score (nSPS) is 11.8. The Balaban J connectivity index is 2.18. The van der Waals surface area contributed by atoms with Crippen molar-refractivity contribution in [3.8, 4) is 0 Å². The summed E-state index contributed by atoms with van der Waals surface area (Å²) < 4.78 is 26.9. The van der Waals surface area contributed by atoms with Crippen molar-refractivity contribution in [3.05, 3.63) is 63.9 Å². The molecule has 120 valence electrons. The molecule has 1 heterocycles. The summed E-state index contributed by atoms with van der Waals surface area (Å²) in [5.74, 6) is -4.10. The number of hydrogen-bond acceptors (Lipinski definition) is 3. The van der Waals surface area contributed by atoms with E-state index < -0.39 is 35.1 Å². The highest BCUT2D eigenvalue weighted by Gasteiger charge is 2.23. The molecule has 0 saturated heterocycles. The Morgan fingerprint density at radius 2 is 2.04 bits per heavy atom. The zero-order chi connectivity index (χ0) is 17.0. The van der Waals surface area contributed by atoms with E-state index in [-0.39, 0.29) is 6.42 Å². The molecule has 8 heteroatoms. The van der Waals surface area contributed by atoms with E-state index in [2.05, 4.69) is 26.2 Å². The molecular formula is C15H11BrF2N2O3. The number of carbonyl (C=O) groups excluding carboxylic acids is 1. The minimum absolute atomic E-state index is 0.0433. The van der Waals surface area contributed by atoms with Crippen LogP contribution in [0.25, 0.3) is 0 Å². The Labute approximate surface area is 138 Å². The van der Waals surface area contributed by atoms with E-state index in [4.69, 9.17) is 0 Å². The molecule has 0 fully saturated rings. The van der Waals surface area contributed by atoms with Crippen molar-refractivity contribution in [1.82, 2.24) is 10.3 Å². The van der Waals surface area contributed by atoms with Crippen LogP contribution >= 0.6 is 15.9 Å². The van der Waals surface area contributed by atoms with Crippen LogP contribution in [0, 0.1) is 11.6 Å². The van der Waals surface area contributed by atoms with Crippen LogP contribution in [0.1, 0.15) is 15.9 Å². The van der Waals surface area contributed by atoms with Crippen molar-refractivity contribution < 1.29 is 23.5 Å². The van der Waals surface area contributed by atoms with Crippen LogP contribution in [0.15, 0.2) is 41.1 Å². The standard InChI is InChI=1S/C15H11BrF2N2O3/c16-13-8(2-1-5-19-13)6-12(15(22)23)20-14(21)10-4-3-9(17)7-11(10)18/h1-5,7,12H,6H2,(H,20,21)(H,22,23)/t12-/m0/s1. The molecule has 23 heavy (non-hydrogen) atoms. The van der Waals surface area contributed by atoms with Crippen LogP contribution in [-0.2, 0) is 11.2 Å². The zero-order valence-corrected chi connectivity index (χ0v) is 13.2. The van der Waals surface area contributed by atoms with Gasteiger partial charge in [0.2, 0.25) is 0 Å². The van der Waals surface area contributed by atoms with Crippen LogP contribution in [-0.4, -0.2) is 28.0 Å². The van der Waals surface area contributed by atoms with Crippen LogP contribution in [0.2, 0.25) is 0 Å². The number of aromatic nitrogens is 1. The Hall–Kier alpha value is -2.35. The number of benzene rings is 1. The Morgan fingerprint density at radius 3 is 2.65 bits per heavy atom. The van der Waals surface area contributed by atoms with Gasteiger partial charge in [-0.3, -0.25) is 4.79 Å². The third-order valence-electron chi connectivity index (χ3n) is 3.04. The SMILES string of the molecule is O=C(N[C@@H](Cc1cccnc1Br)C(=O)O)c1ccc(F)cc1F. The fraction of sp³-hybridized carbons (Fsp3) is 0.133. The number of pyridine rings is 1. The molecule has 0 saturated carbocycles. The van der Waals surface area contributed by atoms with Gasteiger partial charge in [-0.25, -0.2) is 18.6 Å². The minimum atomic E-state index is -1.28. The van der Waals surface area contributed by atoms with Gasteiger partial charge in [-0.2, -0.15) is 0 Å². The molecule has 0 aliphatic rings. The van der Waals surface area contributed by atoms with E-state index in [1.54, 1.807) is 12.1 Å². The molecule has 0 bridgehead atoms. The summed E-state index contributed by atoms with van der Waals surface area (Å²) in [5, 5.41) is 11.4. The lowest BCUT2D eigenvalue weighted by Crippen LogP contribution is -2.42. The second-order valence-electron chi connectivity index (χ2n) is 4.65. The number of carboxylic acids is 1. The van der Waals surface area contributed by atoms with E-state index in [1.807, 2.05) is 0 Å². The molecular weight excluding hydrogens is 374 g/mol. The smallest absolute Gasteiger partial charge is 0.326 e. The van der Waals surface area contributed by atoms with Gasteiger partial charge in [0, 0.05) is 18.7 Å². The first-order chi connectivity index (χ1) is 10.9. The molecule has 2 aromatic rings. The minimum Gasteiger partial charge on any atom is -0.480 e. The van der Waals surface area contributed by atoms with Crippen molar-refractivity contribution >= 4 is 27.8 Å². The van der Waals surface area contributed by atoms with Gasteiger partial charge in [-0.1, -0.05) is 6.07 Å². The molecule has 1 aromatic carbocycles. The monoisotopic (exact) mass is 384 g/mol. The van der Waals surface area contributed by atoms with Gasteiger partial charge in [0.05, 0.1) is 5.56 Å². The molecule has 2 N–H and O–H groups in total. The molecule has 1 aromatic heterocycles. The molecule has 0 aliphatic carbocycles. The number of amides is 1. The topological polar surface area (TPSA) is 79.3 Å². The molecule has 2 rings (SSSR count). The number of nitrogens with zero attached hydrogens (tertiary/aromatic N) is 1. The van der Waals surface area contributed by atoms with E-state index >= 15 is 0 Å². The van der Waals surface area contributed by atoms with Gasteiger partial charge in [-0.15, -0.1) is 0 Å². The Bertz CT molecular complexity index is 755. The van der Waals surface area contributed by atoms with Crippen LogP contribution in [0.4, 0.5) is 8.78 Å². The number of carboxylic acid groups (broad SMARTS) is 1. The molecule has 0 aliphatic heterocycles. The molecule has 5 nitrogen and oxygen atoms in total. The average molecular weight is 385 g/mol. The van der Waals surface area contributed by atoms with Crippen molar-refractivity contribution in [2.75, 3.05) is 0 Å². The van der Waals surface area contributed by atoms with E-state index in [0.717, 1.165) is 12.1 Å². The second-order valence-corrected chi connectivity index (χ2v) is 5.40. The zero-order valence-electron chi connectivity index (χ0n) is 11.6. The third-order valence-corrected chi connectivity index (χ3v) is 3.75. The largest absolute Gasteiger partial charge is 0.480 e. The predicted molar refractivity (Wildman–Crippen MR) is 80.9 cm³/mol. The fourth-order valence-corrected chi connectivity index (χ4v) is 2.31. The lowest BCUT2D eigenvalue weighted by atomic mass is 10.1. The van der Waals surface area contributed by atoms with Crippen molar-refractivity contribution in [3.63, 3.8) is 0 Å². The summed E-state index contributed by atoms with van der Waals surface area (Å²) in [5.41, 5.74) is 0.141. The van der Waals surface area contributed by atoms with Crippen LogP contribution in [0.5, 0.6) is 0 Å². The predicted octanol–water partition coefficient (Wildman–Crippen LogP) is 2.55. The number of carbonyl (C=O) groups is 2. The van der Waals surface area contributed by atoms with Gasteiger partial charge in [0.25, 0.3) is 5.91 Å². The maximum Gasteiger partial charge on any atom is 0.326 e. The number of nitrogens with one attached hydrogen (secondary N) is 1. The van der Waals surface area contributed by atoms with E-state index in [9.17, 15) is 23.5 Å². The number of hydrogen-bond donors (Lipinski definition) is 2. The van der Waals surface area contributed by atoms with Gasteiger partial charge >= 0.3 is 5.97 Å². The quantitative estimate of drug-likeness (QED) is 0.776. The second kappa shape index (κ2) is 7.28. The first-order valence-electron chi connectivity index (χ1n) is 6.46. The molecule has 0 spiro atoms. The molecule has 0 unspecified atom stereocenters. The number of halogens is 3. The van der Waals surface area contributed by atoms with E-state index in [0.29, 0.717) is 16.2 Å². The Morgan fingerprint density at radius 1 is 1.30 bits per heavy atom. The third kappa shape index (κ3) is 4.32. The van der Waals surface area contributed by atoms with E-state index in [1.165, 1.54) is 6.20 Å². The van der Waals surface area contributed by atoms with Gasteiger partial charge < -0.3 is 10.4 Å². The highest BCUT2D eigenvalue weighted by atomic mass is 79.9. The first kappa shape index (κ1) is 17.0. The van der Waals surface area contributed by atoms with Crippen molar-refractivity contribution in [2.24, 2.45) is 0 Å². The lowest BCUT2D eigenvalue weighted by Gasteiger charge is -2.15. The van der Waals surface area contributed by atoms with Gasteiger partial charge in [0.15, 0.2) is 0 Å². The van der Waals surface area contributed by atoms with Crippen LogP contribution in [0.3, 0.4) is 0 Å². The Kier molecular flexibility index (Phi) is 5.38. The van der Waals surface area contributed by atoms with Crippen molar-refractivity contribution in [1.29, 1.82) is 0 Å². The number of rotatable bonds is 5. The fourth-order valence-electron chi connectivity index (χ4n) is 1.90. The summed E-state index contributed by atoms with van der Waals surface area (Å²) in [6.45, 7) is 0. The van der Waals surface area contributed by atoms with Crippen LogP contribution < -0.4 is 5.32 Å².